The smallest absolute Gasteiger partial charge is 0.0624 e. The predicted octanol–water partition coefficient (Wildman–Crippen LogP) is 3.11. The number of rotatable bonds is 0. The highest BCUT2D eigenvalue weighted by Crippen LogP contribution is 2.36. The van der Waals surface area contributed by atoms with Gasteiger partial charge in [0.25, 0.3) is 0 Å². The molecule has 0 aromatic rings. The molecule has 1 atom stereocenters. The van der Waals surface area contributed by atoms with E-state index < -0.39 is 0 Å². The maximum absolute atomic E-state index is 6.12. The third kappa shape index (κ3) is 1.48. The highest BCUT2D eigenvalue weighted by Gasteiger charge is 2.26. The zero-order valence-corrected chi connectivity index (χ0v) is 6.67. The fourth-order valence-corrected chi connectivity index (χ4v) is 1.46. The summed E-state index contributed by atoms with van der Waals surface area (Å²) in [5, 5.41) is 0. The highest BCUT2D eigenvalue weighted by atomic mass is 35.5. The number of hydrogen-bond donors (Lipinski definition) is 0. The molecule has 1 heteroatoms. The monoisotopic (exact) mass is 144 g/mol. The second-order valence-electron chi connectivity index (χ2n) is 3.01. The molecule has 52 valence electrons. The van der Waals surface area contributed by atoms with E-state index in [9.17, 15) is 0 Å². The SMILES string of the molecule is C=C1CCCCC1(C)Cl. The van der Waals surface area contributed by atoms with Gasteiger partial charge in [0.2, 0.25) is 0 Å². The molecule has 9 heavy (non-hydrogen) atoms. The number of hydrogen-bond acceptors (Lipinski definition) is 0. The largest absolute Gasteiger partial charge is 0.115 e. The lowest BCUT2D eigenvalue weighted by molar-refractivity contribution is 0.513. The fourth-order valence-electron chi connectivity index (χ4n) is 1.23. The normalized spacial score (nSPS) is 36.9. The van der Waals surface area contributed by atoms with Crippen molar-refractivity contribution in [1.82, 2.24) is 0 Å². The molecule has 0 N–H and O–H groups in total. The summed E-state index contributed by atoms with van der Waals surface area (Å²) in [6.07, 6.45) is 4.77. The molecule has 0 aromatic heterocycles. The third-order valence-electron chi connectivity index (χ3n) is 2.11. The Morgan fingerprint density at radius 3 is 2.56 bits per heavy atom. The van der Waals surface area contributed by atoms with Crippen LogP contribution in [0.5, 0.6) is 0 Å². The van der Waals surface area contributed by atoms with Crippen LogP contribution >= 0.6 is 11.6 Å². The van der Waals surface area contributed by atoms with Crippen LogP contribution in [0.25, 0.3) is 0 Å². The van der Waals surface area contributed by atoms with Crippen molar-refractivity contribution in [2.75, 3.05) is 0 Å². The van der Waals surface area contributed by atoms with E-state index in [1.54, 1.807) is 0 Å². The molecule has 1 rings (SSSR count). The Bertz CT molecular complexity index is 125. The minimum atomic E-state index is -0.0851. The van der Waals surface area contributed by atoms with E-state index >= 15 is 0 Å². The van der Waals surface area contributed by atoms with E-state index in [0.29, 0.717) is 0 Å². The van der Waals surface area contributed by atoms with Crippen LogP contribution in [-0.4, -0.2) is 4.87 Å². The van der Waals surface area contributed by atoms with Crippen molar-refractivity contribution in [3.8, 4) is 0 Å². The second-order valence-corrected chi connectivity index (χ2v) is 3.84. The molecule has 1 aliphatic carbocycles. The van der Waals surface area contributed by atoms with Gasteiger partial charge >= 0.3 is 0 Å². The number of halogens is 1. The van der Waals surface area contributed by atoms with Crippen molar-refractivity contribution in [1.29, 1.82) is 0 Å². The standard InChI is InChI=1S/C8H13Cl/c1-7-5-3-4-6-8(7,2)9/h1,3-6H2,2H3. The maximum Gasteiger partial charge on any atom is 0.0624 e. The number of allylic oxidation sites excluding steroid dienone is 1. The molecule has 0 nitrogen and oxygen atoms in total. The van der Waals surface area contributed by atoms with Crippen LogP contribution in [0.3, 0.4) is 0 Å². The van der Waals surface area contributed by atoms with E-state index in [1.165, 1.54) is 18.4 Å². The first-order chi connectivity index (χ1) is 4.13. The molecular weight excluding hydrogens is 132 g/mol. The molecule has 0 aromatic carbocycles. The van der Waals surface area contributed by atoms with Gasteiger partial charge in [0.05, 0.1) is 4.87 Å². The van der Waals surface area contributed by atoms with Crippen LogP contribution in [0.15, 0.2) is 12.2 Å². The van der Waals surface area contributed by atoms with Crippen molar-refractivity contribution in [2.24, 2.45) is 0 Å². The second kappa shape index (κ2) is 2.34. The maximum atomic E-state index is 6.12. The van der Waals surface area contributed by atoms with Gasteiger partial charge in [-0.05, 0) is 26.2 Å². The van der Waals surface area contributed by atoms with E-state index in [0.717, 1.165) is 12.8 Å². The fraction of sp³-hybridized carbons (Fsp3) is 0.750. The molecule has 0 aliphatic heterocycles. The van der Waals surface area contributed by atoms with E-state index in [4.69, 9.17) is 11.6 Å². The van der Waals surface area contributed by atoms with Crippen LogP contribution in [0.1, 0.15) is 32.6 Å². The molecular formula is C8H13Cl. The van der Waals surface area contributed by atoms with Crippen molar-refractivity contribution in [3.05, 3.63) is 12.2 Å². The van der Waals surface area contributed by atoms with Crippen LogP contribution in [0, 0.1) is 0 Å². The van der Waals surface area contributed by atoms with Gasteiger partial charge in [-0.2, -0.15) is 0 Å². The molecule has 1 aliphatic rings. The Kier molecular flexibility index (Phi) is 1.85. The lowest BCUT2D eigenvalue weighted by atomic mass is 9.86. The minimum Gasteiger partial charge on any atom is -0.115 e. The summed E-state index contributed by atoms with van der Waals surface area (Å²) in [7, 11) is 0. The molecule has 0 spiro atoms. The molecule has 0 saturated heterocycles. The van der Waals surface area contributed by atoms with Gasteiger partial charge in [0.15, 0.2) is 0 Å². The van der Waals surface area contributed by atoms with Crippen LogP contribution < -0.4 is 0 Å². The molecule has 0 bridgehead atoms. The summed E-state index contributed by atoms with van der Waals surface area (Å²) in [6.45, 7) is 6.00. The van der Waals surface area contributed by atoms with Gasteiger partial charge in [-0.25, -0.2) is 0 Å². The lowest BCUT2D eigenvalue weighted by Crippen LogP contribution is -2.22. The minimum absolute atomic E-state index is 0.0851. The quantitative estimate of drug-likeness (QED) is 0.362. The summed E-state index contributed by atoms with van der Waals surface area (Å²) >= 11 is 6.12. The first-order valence-corrected chi connectivity index (χ1v) is 3.88. The Morgan fingerprint density at radius 2 is 2.22 bits per heavy atom. The Morgan fingerprint density at radius 1 is 1.56 bits per heavy atom. The van der Waals surface area contributed by atoms with Gasteiger partial charge in [0, 0.05) is 0 Å². The summed E-state index contributed by atoms with van der Waals surface area (Å²) in [5.41, 5.74) is 1.22. The van der Waals surface area contributed by atoms with E-state index in [1.807, 2.05) is 0 Å². The van der Waals surface area contributed by atoms with Crippen LogP contribution in [-0.2, 0) is 0 Å². The van der Waals surface area contributed by atoms with Crippen molar-refractivity contribution < 1.29 is 0 Å². The summed E-state index contributed by atoms with van der Waals surface area (Å²) in [4.78, 5) is -0.0851. The van der Waals surface area contributed by atoms with Crippen molar-refractivity contribution >= 4 is 11.6 Å². The van der Waals surface area contributed by atoms with Gasteiger partial charge in [-0.15, -0.1) is 11.6 Å². The zero-order valence-electron chi connectivity index (χ0n) is 5.91. The summed E-state index contributed by atoms with van der Waals surface area (Å²) in [6, 6.07) is 0. The van der Waals surface area contributed by atoms with Gasteiger partial charge in [-0.3, -0.25) is 0 Å². The molecule has 1 fully saturated rings. The Hall–Kier alpha value is 0.0300. The van der Waals surface area contributed by atoms with Gasteiger partial charge in [-0.1, -0.05) is 18.6 Å². The topological polar surface area (TPSA) is 0 Å². The number of alkyl halides is 1. The third-order valence-corrected chi connectivity index (χ3v) is 2.57. The molecule has 1 unspecified atom stereocenters. The molecule has 0 heterocycles. The van der Waals surface area contributed by atoms with Crippen LogP contribution in [0.2, 0.25) is 0 Å². The van der Waals surface area contributed by atoms with Crippen molar-refractivity contribution in [3.63, 3.8) is 0 Å². The average molecular weight is 145 g/mol. The summed E-state index contributed by atoms with van der Waals surface area (Å²) < 4.78 is 0. The average Bonchev–Trinajstić information content (AvgIpc) is 1.77. The lowest BCUT2D eigenvalue weighted by Gasteiger charge is -2.29. The van der Waals surface area contributed by atoms with E-state index in [-0.39, 0.29) is 4.87 Å². The molecule has 0 radical (unpaired) electrons. The van der Waals surface area contributed by atoms with Crippen LogP contribution in [0.4, 0.5) is 0 Å². The van der Waals surface area contributed by atoms with E-state index in [2.05, 4.69) is 13.5 Å². The van der Waals surface area contributed by atoms with Crippen molar-refractivity contribution in [2.45, 2.75) is 37.5 Å². The molecule has 1 saturated carbocycles. The molecule has 0 amide bonds. The first kappa shape index (κ1) is 7.14. The predicted molar refractivity (Wildman–Crippen MR) is 41.9 cm³/mol. The summed E-state index contributed by atoms with van der Waals surface area (Å²) in [5.74, 6) is 0. The highest BCUT2D eigenvalue weighted by molar-refractivity contribution is 6.25. The Labute approximate surface area is 61.9 Å². The first-order valence-electron chi connectivity index (χ1n) is 3.50. The Balaban J connectivity index is 2.60. The van der Waals surface area contributed by atoms with Gasteiger partial charge in [0.1, 0.15) is 0 Å². The van der Waals surface area contributed by atoms with Gasteiger partial charge < -0.3 is 0 Å². The zero-order chi connectivity index (χ0) is 6.91.